The summed E-state index contributed by atoms with van der Waals surface area (Å²) >= 11 is 0. The van der Waals surface area contributed by atoms with Crippen LogP contribution in [0.2, 0.25) is 0 Å². The van der Waals surface area contributed by atoms with E-state index in [9.17, 15) is 4.79 Å². The van der Waals surface area contributed by atoms with E-state index in [0.29, 0.717) is 24.9 Å². The molecule has 1 aromatic rings. The maximum atomic E-state index is 11.5. The van der Waals surface area contributed by atoms with Gasteiger partial charge in [-0.05, 0) is 37.5 Å². The summed E-state index contributed by atoms with van der Waals surface area (Å²) in [5.74, 6) is 0.728. The van der Waals surface area contributed by atoms with Crippen LogP contribution in [-0.2, 0) is 11.2 Å². The predicted octanol–water partition coefficient (Wildman–Crippen LogP) is 3.21. The highest BCUT2D eigenvalue weighted by atomic mass is 16.1. The van der Waals surface area contributed by atoms with Gasteiger partial charge in [0.15, 0.2) is 0 Å². The van der Waals surface area contributed by atoms with Crippen LogP contribution in [0.3, 0.4) is 0 Å². The van der Waals surface area contributed by atoms with Crippen LogP contribution in [0.25, 0.3) is 0 Å². The molecule has 0 bridgehead atoms. The zero-order chi connectivity index (χ0) is 14.3. The Morgan fingerprint density at radius 3 is 2.32 bits per heavy atom. The summed E-state index contributed by atoms with van der Waals surface area (Å²) in [6.07, 6.45) is 1.62. The summed E-state index contributed by atoms with van der Waals surface area (Å²) in [5.41, 5.74) is 2.17. The van der Waals surface area contributed by atoms with Gasteiger partial charge in [0.05, 0.1) is 6.42 Å². The minimum absolute atomic E-state index is 0.0798. The molecule has 0 aliphatic heterocycles. The van der Waals surface area contributed by atoms with Crippen molar-refractivity contribution < 1.29 is 4.79 Å². The molecule has 1 aromatic carbocycles. The summed E-state index contributed by atoms with van der Waals surface area (Å²) in [7, 11) is 0. The third-order valence-electron chi connectivity index (χ3n) is 3.58. The molecule has 0 saturated heterocycles. The fourth-order valence-electron chi connectivity index (χ4n) is 1.92. The van der Waals surface area contributed by atoms with Crippen molar-refractivity contribution in [2.45, 2.75) is 46.6 Å². The number of benzene rings is 1. The van der Waals surface area contributed by atoms with Crippen molar-refractivity contribution in [3.8, 4) is 0 Å². The Hall–Kier alpha value is -1.51. The first-order valence-corrected chi connectivity index (χ1v) is 7.19. The number of anilines is 1. The molecule has 0 aliphatic carbocycles. The van der Waals surface area contributed by atoms with Crippen molar-refractivity contribution in [2.75, 3.05) is 11.9 Å². The van der Waals surface area contributed by atoms with Gasteiger partial charge in [0.2, 0.25) is 5.91 Å². The first-order valence-electron chi connectivity index (χ1n) is 7.19. The third-order valence-corrected chi connectivity index (χ3v) is 3.58. The second-order valence-electron chi connectivity index (χ2n) is 5.15. The Kier molecular flexibility index (Phi) is 6.40. The van der Waals surface area contributed by atoms with Crippen molar-refractivity contribution >= 4 is 11.6 Å². The molecule has 2 atom stereocenters. The van der Waals surface area contributed by atoms with Crippen LogP contribution >= 0.6 is 0 Å². The smallest absolute Gasteiger partial charge is 0.224 e. The number of amides is 1. The van der Waals surface area contributed by atoms with E-state index in [0.717, 1.165) is 11.3 Å². The lowest BCUT2D eigenvalue weighted by Crippen LogP contribution is -2.24. The zero-order valence-electron chi connectivity index (χ0n) is 12.5. The molecule has 0 fully saturated rings. The first-order chi connectivity index (χ1) is 9.06. The van der Waals surface area contributed by atoms with Gasteiger partial charge in [-0.15, -0.1) is 0 Å². The Labute approximate surface area is 116 Å². The van der Waals surface area contributed by atoms with E-state index in [1.54, 1.807) is 0 Å². The number of hydrogen-bond acceptors (Lipinski definition) is 2. The van der Waals surface area contributed by atoms with Gasteiger partial charge in [-0.2, -0.15) is 0 Å². The highest BCUT2D eigenvalue weighted by molar-refractivity contribution is 5.78. The van der Waals surface area contributed by atoms with Gasteiger partial charge < -0.3 is 10.6 Å². The molecule has 0 aromatic heterocycles. The van der Waals surface area contributed by atoms with Crippen molar-refractivity contribution in [2.24, 2.45) is 5.92 Å². The SMILES string of the molecule is CCNC(=O)Cc1ccc(NC(C)C(C)CC)cc1. The van der Waals surface area contributed by atoms with E-state index in [1.807, 2.05) is 31.2 Å². The molecule has 1 amide bonds. The highest BCUT2D eigenvalue weighted by Gasteiger charge is 2.09. The van der Waals surface area contributed by atoms with Gasteiger partial charge >= 0.3 is 0 Å². The van der Waals surface area contributed by atoms with Crippen molar-refractivity contribution in [3.05, 3.63) is 29.8 Å². The largest absolute Gasteiger partial charge is 0.382 e. The van der Waals surface area contributed by atoms with Crippen LogP contribution in [0.5, 0.6) is 0 Å². The van der Waals surface area contributed by atoms with Gasteiger partial charge in [0.25, 0.3) is 0 Å². The molecular formula is C16H26N2O. The fraction of sp³-hybridized carbons (Fsp3) is 0.562. The molecule has 2 unspecified atom stereocenters. The standard InChI is InChI=1S/C16H26N2O/c1-5-12(3)13(4)18-15-9-7-14(8-10-15)11-16(19)17-6-2/h7-10,12-13,18H,5-6,11H2,1-4H3,(H,17,19). The Morgan fingerprint density at radius 2 is 1.79 bits per heavy atom. The molecule has 0 aliphatic rings. The highest BCUT2D eigenvalue weighted by Crippen LogP contribution is 2.16. The number of carbonyl (C=O) groups is 1. The van der Waals surface area contributed by atoms with Crippen LogP contribution in [0, 0.1) is 5.92 Å². The average molecular weight is 262 g/mol. The molecule has 19 heavy (non-hydrogen) atoms. The molecule has 3 nitrogen and oxygen atoms in total. The topological polar surface area (TPSA) is 41.1 Å². The number of nitrogens with one attached hydrogen (secondary N) is 2. The molecular weight excluding hydrogens is 236 g/mol. The van der Waals surface area contributed by atoms with Crippen LogP contribution in [-0.4, -0.2) is 18.5 Å². The minimum atomic E-state index is 0.0798. The molecule has 0 spiro atoms. The van der Waals surface area contributed by atoms with Gasteiger partial charge in [0, 0.05) is 18.3 Å². The molecule has 3 heteroatoms. The van der Waals surface area contributed by atoms with Gasteiger partial charge in [-0.1, -0.05) is 32.4 Å². The van der Waals surface area contributed by atoms with Crippen molar-refractivity contribution in [1.29, 1.82) is 0 Å². The van der Waals surface area contributed by atoms with Gasteiger partial charge in [-0.25, -0.2) is 0 Å². The van der Waals surface area contributed by atoms with Gasteiger partial charge in [0.1, 0.15) is 0 Å². The Bertz CT molecular complexity index is 386. The second-order valence-corrected chi connectivity index (χ2v) is 5.15. The lowest BCUT2D eigenvalue weighted by atomic mass is 10.0. The van der Waals surface area contributed by atoms with Crippen molar-refractivity contribution in [3.63, 3.8) is 0 Å². The third kappa shape index (κ3) is 5.33. The van der Waals surface area contributed by atoms with Crippen molar-refractivity contribution in [1.82, 2.24) is 5.32 Å². The molecule has 0 radical (unpaired) electrons. The van der Waals surface area contributed by atoms with Crippen LogP contribution < -0.4 is 10.6 Å². The normalized spacial score (nSPS) is 13.7. The molecule has 106 valence electrons. The quantitative estimate of drug-likeness (QED) is 0.792. The maximum Gasteiger partial charge on any atom is 0.224 e. The van der Waals surface area contributed by atoms with E-state index in [4.69, 9.17) is 0 Å². The minimum Gasteiger partial charge on any atom is -0.382 e. The summed E-state index contributed by atoms with van der Waals surface area (Å²) < 4.78 is 0. The average Bonchev–Trinajstić information content (AvgIpc) is 2.40. The number of likely N-dealkylation sites (N-methyl/N-ethyl adjacent to an activating group) is 1. The predicted molar refractivity (Wildman–Crippen MR) is 81.4 cm³/mol. The summed E-state index contributed by atoms with van der Waals surface area (Å²) in [4.78, 5) is 11.5. The summed E-state index contributed by atoms with van der Waals surface area (Å²) in [6.45, 7) is 9.28. The Morgan fingerprint density at radius 1 is 1.16 bits per heavy atom. The maximum absolute atomic E-state index is 11.5. The van der Waals surface area contributed by atoms with Crippen LogP contribution in [0.1, 0.15) is 39.7 Å². The zero-order valence-corrected chi connectivity index (χ0v) is 12.5. The lowest BCUT2D eigenvalue weighted by molar-refractivity contribution is -0.120. The molecule has 0 saturated carbocycles. The Balaban J connectivity index is 2.54. The fourth-order valence-corrected chi connectivity index (χ4v) is 1.92. The monoisotopic (exact) mass is 262 g/mol. The first kappa shape index (κ1) is 15.5. The van der Waals surface area contributed by atoms with E-state index in [2.05, 4.69) is 31.4 Å². The number of carbonyl (C=O) groups excluding carboxylic acids is 1. The summed E-state index contributed by atoms with van der Waals surface area (Å²) in [5, 5.41) is 6.31. The molecule has 2 N–H and O–H groups in total. The summed E-state index contributed by atoms with van der Waals surface area (Å²) in [6, 6.07) is 8.59. The number of hydrogen-bond donors (Lipinski definition) is 2. The van der Waals surface area contributed by atoms with Gasteiger partial charge in [-0.3, -0.25) is 4.79 Å². The van der Waals surface area contributed by atoms with E-state index in [-0.39, 0.29) is 5.91 Å². The van der Waals surface area contributed by atoms with E-state index >= 15 is 0 Å². The molecule has 0 heterocycles. The van der Waals surface area contributed by atoms with Crippen LogP contribution in [0.4, 0.5) is 5.69 Å². The second kappa shape index (κ2) is 7.82. The van der Waals surface area contributed by atoms with E-state index < -0.39 is 0 Å². The van der Waals surface area contributed by atoms with Crippen LogP contribution in [0.15, 0.2) is 24.3 Å². The van der Waals surface area contributed by atoms with E-state index in [1.165, 1.54) is 6.42 Å². The lowest BCUT2D eigenvalue weighted by Gasteiger charge is -2.21. The molecule has 1 rings (SSSR count). The number of rotatable bonds is 7.